The molecule has 1 aromatic heterocycles. The maximum atomic E-state index is 10.7. The smallest absolute Gasteiger partial charge is 0.271 e. The molecule has 0 radical (unpaired) electrons. The highest BCUT2D eigenvalue weighted by atomic mass is 16.6. The molecule has 1 aromatic carbocycles. The topological polar surface area (TPSA) is 83.1 Å². The fraction of sp³-hybridized carbons (Fsp3) is 0.167. The van der Waals surface area contributed by atoms with Crippen molar-refractivity contribution in [3.8, 4) is 18.0 Å². The van der Waals surface area contributed by atoms with E-state index in [9.17, 15) is 10.1 Å². The maximum absolute atomic E-state index is 10.7. The summed E-state index contributed by atoms with van der Waals surface area (Å²) in [7, 11) is 0. The fourth-order valence-corrected chi connectivity index (χ4v) is 1.45. The molecule has 0 atom stereocenters. The zero-order valence-electron chi connectivity index (χ0n) is 9.89. The molecule has 2 rings (SSSR count). The van der Waals surface area contributed by atoms with Gasteiger partial charge in [0, 0.05) is 12.1 Å². The summed E-state index contributed by atoms with van der Waals surface area (Å²) in [5, 5.41) is 18.5. The molecule has 0 amide bonds. The van der Waals surface area contributed by atoms with Crippen LogP contribution in [0.15, 0.2) is 30.5 Å². The lowest BCUT2D eigenvalue weighted by molar-refractivity contribution is -0.384. The Kier molecular flexibility index (Phi) is 3.85. The average molecular weight is 258 g/mol. The number of rotatable bonds is 5. The minimum atomic E-state index is -0.461. The van der Waals surface area contributed by atoms with E-state index in [1.807, 2.05) is 0 Å². The molecule has 0 N–H and O–H groups in total. The van der Waals surface area contributed by atoms with Gasteiger partial charge in [-0.2, -0.15) is 0 Å². The van der Waals surface area contributed by atoms with Crippen LogP contribution in [0.3, 0.4) is 0 Å². The number of nitrogens with zero attached hydrogens (tertiary/aromatic N) is 4. The number of ether oxygens (including phenoxy) is 1. The number of hydrogen-bond donors (Lipinski definition) is 0. The summed E-state index contributed by atoms with van der Waals surface area (Å²) in [4.78, 5) is 10.2. The molecular weight excluding hydrogens is 248 g/mol. The number of benzene rings is 1. The van der Waals surface area contributed by atoms with E-state index >= 15 is 0 Å². The van der Waals surface area contributed by atoms with Crippen LogP contribution in [0.2, 0.25) is 0 Å². The highest BCUT2D eigenvalue weighted by Gasteiger charge is 2.08. The van der Waals surface area contributed by atoms with E-state index in [0.717, 1.165) is 0 Å². The van der Waals surface area contributed by atoms with Crippen LogP contribution in [-0.2, 0) is 11.3 Å². The lowest BCUT2D eigenvalue weighted by Crippen LogP contribution is -1.96. The Morgan fingerprint density at radius 3 is 3.11 bits per heavy atom. The molecule has 2 aromatic rings. The van der Waals surface area contributed by atoms with Crippen molar-refractivity contribution in [2.75, 3.05) is 6.61 Å². The Bertz CT molecular complexity index is 630. The Hall–Kier alpha value is -2.72. The van der Waals surface area contributed by atoms with Gasteiger partial charge < -0.3 is 4.74 Å². The van der Waals surface area contributed by atoms with Crippen molar-refractivity contribution < 1.29 is 9.66 Å². The van der Waals surface area contributed by atoms with E-state index in [1.165, 1.54) is 16.8 Å². The number of nitro groups is 1. The third kappa shape index (κ3) is 3.14. The van der Waals surface area contributed by atoms with Crippen molar-refractivity contribution in [3.05, 3.63) is 46.3 Å². The zero-order chi connectivity index (χ0) is 13.7. The van der Waals surface area contributed by atoms with Gasteiger partial charge in [-0.25, -0.2) is 4.68 Å². The van der Waals surface area contributed by atoms with E-state index < -0.39 is 4.92 Å². The van der Waals surface area contributed by atoms with E-state index in [0.29, 0.717) is 11.4 Å². The molecule has 96 valence electrons. The van der Waals surface area contributed by atoms with Gasteiger partial charge in [-0.05, 0) is 6.07 Å². The molecule has 0 aliphatic heterocycles. The van der Waals surface area contributed by atoms with Crippen LogP contribution in [0.25, 0.3) is 5.69 Å². The molecule has 0 spiro atoms. The molecule has 0 fully saturated rings. The van der Waals surface area contributed by atoms with Gasteiger partial charge in [-0.15, -0.1) is 11.5 Å². The summed E-state index contributed by atoms with van der Waals surface area (Å²) in [6.45, 7) is 0.447. The quantitative estimate of drug-likeness (QED) is 0.349. The average Bonchev–Trinajstić information content (AvgIpc) is 2.88. The van der Waals surface area contributed by atoms with Gasteiger partial charge >= 0.3 is 0 Å². The summed E-state index contributed by atoms with van der Waals surface area (Å²) in [5.74, 6) is 2.34. The molecule has 7 nitrogen and oxygen atoms in total. The minimum Gasteiger partial charge on any atom is -0.362 e. The Morgan fingerprint density at radius 2 is 2.37 bits per heavy atom. The van der Waals surface area contributed by atoms with Crippen molar-refractivity contribution in [2.45, 2.75) is 6.61 Å². The van der Waals surface area contributed by atoms with Crippen molar-refractivity contribution in [1.82, 2.24) is 15.0 Å². The highest BCUT2D eigenvalue weighted by Crippen LogP contribution is 2.16. The Balaban J connectivity index is 2.16. The van der Waals surface area contributed by atoms with Gasteiger partial charge in [0.15, 0.2) is 0 Å². The second kappa shape index (κ2) is 5.75. The first-order valence-electron chi connectivity index (χ1n) is 5.38. The van der Waals surface area contributed by atoms with Gasteiger partial charge in [0.25, 0.3) is 5.69 Å². The molecule has 1 heterocycles. The summed E-state index contributed by atoms with van der Waals surface area (Å²) in [6, 6.07) is 6.12. The normalized spacial score (nSPS) is 10.1. The highest BCUT2D eigenvalue weighted by molar-refractivity contribution is 5.42. The van der Waals surface area contributed by atoms with Gasteiger partial charge in [0.05, 0.1) is 23.4 Å². The monoisotopic (exact) mass is 258 g/mol. The molecule has 0 aliphatic rings. The number of terminal acetylenes is 1. The molecule has 0 saturated carbocycles. The van der Waals surface area contributed by atoms with E-state index in [1.54, 1.807) is 18.3 Å². The van der Waals surface area contributed by atoms with Gasteiger partial charge in [-0.3, -0.25) is 10.1 Å². The first-order valence-corrected chi connectivity index (χ1v) is 5.38. The van der Waals surface area contributed by atoms with Crippen LogP contribution >= 0.6 is 0 Å². The third-order valence-electron chi connectivity index (χ3n) is 2.28. The number of hydrogen-bond acceptors (Lipinski definition) is 5. The molecule has 0 bridgehead atoms. The summed E-state index contributed by atoms with van der Waals surface area (Å²) in [5.41, 5.74) is 1.16. The van der Waals surface area contributed by atoms with E-state index in [4.69, 9.17) is 11.2 Å². The Morgan fingerprint density at radius 1 is 1.53 bits per heavy atom. The van der Waals surface area contributed by atoms with Crippen LogP contribution < -0.4 is 0 Å². The first kappa shape index (κ1) is 12.7. The van der Waals surface area contributed by atoms with Gasteiger partial charge in [0.2, 0.25) is 0 Å². The number of non-ortho nitro benzene ring substituents is 1. The van der Waals surface area contributed by atoms with Crippen LogP contribution in [0.5, 0.6) is 0 Å². The van der Waals surface area contributed by atoms with Crippen molar-refractivity contribution in [1.29, 1.82) is 0 Å². The summed E-state index contributed by atoms with van der Waals surface area (Å²) < 4.78 is 6.57. The lowest BCUT2D eigenvalue weighted by atomic mass is 10.3. The zero-order valence-corrected chi connectivity index (χ0v) is 9.89. The molecule has 0 unspecified atom stereocenters. The van der Waals surface area contributed by atoms with Crippen molar-refractivity contribution >= 4 is 5.69 Å². The SMILES string of the molecule is C#CCOCc1cn(-c2cccc([N+](=O)[O-])c2)nn1. The number of nitro benzene ring substituents is 1. The van der Waals surface area contributed by atoms with Crippen LogP contribution in [0, 0.1) is 22.5 Å². The first-order chi connectivity index (χ1) is 9.20. The van der Waals surface area contributed by atoms with Crippen LogP contribution in [-0.4, -0.2) is 26.5 Å². The van der Waals surface area contributed by atoms with Gasteiger partial charge in [-0.1, -0.05) is 17.2 Å². The molecule has 19 heavy (non-hydrogen) atoms. The Labute approximate surface area is 109 Å². The largest absolute Gasteiger partial charge is 0.362 e. The third-order valence-corrected chi connectivity index (χ3v) is 2.28. The van der Waals surface area contributed by atoms with Crippen LogP contribution in [0.1, 0.15) is 5.69 Å². The van der Waals surface area contributed by atoms with E-state index in [-0.39, 0.29) is 18.9 Å². The molecule has 0 aliphatic carbocycles. The summed E-state index contributed by atoms with van der Waals surface area (Å²) >= 11 is 0. The standard InChI is InChI=1S/C12H10N4O3/c1-2-6-19-9-10-8-15(14-13-10)11-4-3-5-12(7-11)16(17)18/h1,3-5,7-8H,6,9H2. The van der Waals surface area contributed by atoms with Crippen LogP contribution in [0.4, 0.5) is 5.69 Å². The van der Waals surface area contributed by atoms with Crippen molar-refractivity contribution in [2.24, 2.45) is 0 Å². The predicted octanol–water partition coefficient (Wildman–Crippen LogP) is 1.33. The predicted molar refractivity (Wildman–Crippen MR) is 66.5 cm³/mol. The van der Waals surface area contributed by atoms with E-state index in [2.05, 4.69) is 16.2 Å². The summed E-state index contributed by atoms with van der Waals surface area (Å²) in [6.07, 6.45) is 6.69. The maximum Gasteiger partial charge on any atom is 0.271 e. The second-order valence-electron chi connectivity index (χ2n) is 3.63. The molecule has 7 heteroatoms. The fourth-order valence-electron chi connectivity index (χ4n) is 1.45. The second-order valence-corrected chi connectivity index (χ2v) is 3.63. The molecule has 0 saturated heterocycles. The lowest BCUT2D eigenvalue weighted by Gasteiger charge is -1.99. The minimum absolute atomic E-state index is 0.00173. The van der Waals surface area contributed by atoms with Crippen molar-refractivity contribution in [3.63, 3.8) is 0 Å². The number of aromatic nitrogens is 3. The van der Waals surface area contributed by atoms with Gasteiger partial charge in [0.1, 0.15) is 12.3 Å². The molecular formula is C12H10N4O3.